The van der Waals surface area contributed by atoms with Crippen LogP contribution in [0.5, 0.6) is 5.75 Å². The minimum Gasteiger partial charge on any atom is -0.508 e. The van der Waals surface area contributed by atoms with Crippen molar-refractivity contribution < 1.29 is 5.11 Å². The molecule has 1 atom stereocenters. The molecule has 90 valence electrons. The van der Waals surface area contributed by atoms with Crippen LogP contribution < -0.4 is 5.32 Å². The molecule has 0 bridgehead atoms. The van der Waals surface area contributed by atoms with Gasteiger partial charge in [0.1, 0.15) is 5.75 Å². The van der Waals surface area contributed by atoms with Crippen molar-refractivity contribution in [3.63, 3.8) is 0 Å². The number of aromatic hydroxyl groups is 1. The molecule has 0 saturated carbocycles. The Kier molecular flexibility index (Phi) is 4.18. The summed E-state index contributed by atoms with van der Waals surface area (Å²) < 4.78 is 0. The van der Waals surface area contributed by atoms with Gasteiger partial charge in [-0.2, -0.15) is 11.3 Å². The number of thiophene rings is 1. The number of hydrogen-bond acceptors (Lipinski definition) is 3. The molecular formula is C14H17NOS. The lowest BCUT2D eigenvalue weighted by molar-refractivity contribution is 0.472. The quantitative estimate of drug-likeness (QED) is 0.849. The van der Waals surface area contributed by atoms with Gasteiger partial charge in [-0.25, -0.2) is 0 Å². The van der Waals surface area contributed by atoms with Crippen molar-refractivity contribution in [3.05, 3.63) is 52.2 Å². The number of benzene rings is 1. The predicted molar refractivity (Wildman–Crippen MR) is 72.5 cm³/mol. The predicted octanol–water partition coefficient (Wildman–Crippen LogP) is 3.35. The Morgan fingerprint density at radius 1 is 1.35 bits per heavy atom. The molecule has 1 aromatic heterocycles. The zero-order valence-electron chi connectivity index (χ0n) is 9.89. The van der Waals surface area contributed by atoms with Crippen LogP contribution in [0.25, 0.3) is 0 Å². The molecule has 1 unspecified atom stereocenters. The minimum absolute atomic E-state index is 0.265. The van der Waals surface area contributed by atoms with E-state index in [1.165, 1.54) is 5.56 Å². The molecule has 1 aromatic carbocycles. The van der Waals surface area contributed by atoms with E-state index in [-0.39, 0.29) is 6.04 Å². The second-order valence-electron chi connectivity index (χ2n) is 4.15. The highest BCUT2D eigenvalue weighted by Gasteiger charge is 2.04. The van der Waals surface area contributed by atoms with Crippen molar-refractivity contribution in [2.45, 2.75) is 19.4 Å². The van der Waals surface area contributed by atoms with E-state index in [0.29, 0.717) is 5.75 Å². The van der Waals surface area contributed by atoms with E-state index in [4.69, 9.17) is 0 Å². The van der Waals surface area contributed by atoms with Gasteiger partial charge in [-0.1, -0.05) is 12.1 Å². The lowest BCUT2D eigenvalue weighted by Gasteiger charge is -2.14. The summed E-state index contributed by atoms with van der Waals surface area (Å²) in [5.74, 6) is 0.328. The van der Waals surface area contributed by atoms with Crippen LogP contribution in [0.1, 0.15) is 24.1 Å². The summed E-state index contributed by atoms with van der Waals surface area (Å²) in [6.45, 7) is 3.07. The summed E-state index contributed by atoms with van der Waals surface area (Å²) in [6, 6.07) is 9.83. The van der Waals surface area contributed by atoms with Crippen LogP contribution in [0.3, 0.4) is 0 Å². The van der Waals surface area contributed by atoms with Gasteiger partial charge in [-0.05, 0) is 60.0 Å². The van der Waals surface area contributed by atoms with Gasteiger partial charge in [0, 0.05) is 6.04 Å². The van der Waals surface area contributed by atoms with E-state index in [0.717, 1.165) is 18.5 Å². The number of hydrogen-bond donors (Lipinski definition) is 2. The Hall–Kier alpha value is -1.32. The maximum absolute atomic E-state index is 9.41. The van der Waals surface area contributed by atoms with E-state index in [1.807, 2.05) is 18.2 Å². The van der Waals surface area contributed by atoms with Crippen LogP contribution in [-0.4, -0.2) is 11.7 Å². The largest absolute Gasteiger partial charge is 0.508 e. The van der Waals surface area contributed by atoms with Crippen LogP contribution in [0.4, 0.5) is 0 Å². The highest BCUT2D eigenvalue weighted by Crippen LogP contribution is 2.17. The van der Waals surface area contributed by atoms with Gasteiger partial charge < -0.3 is 10.4 Å². The zero-order chi connectivity index (χ0) is 12.1. The highest BCUT2D eigenvalue weighted by atomic mass is 32.1. The van der Waals surface area contributed by atoms with Crippen LogP contribution in [0, 0.1) is 0 Å². The fraction of sp³-hybridized carbons (Fsp3) is 0.286. The summed E-state index contributed by atoms with van der Waals surface area (Å²) in [7, 11) is 0. The Morgan fingerprint density at radius 2 is 2.24 bits per heavy atom. The molecule has 2 aromatic rings. The van der Waals surface area contributed by atoms with Gasteiger partial charge in [0.05, 0.1) is 0 Å². The average Bonchev–Trinajstić information content (AvgIpc) is 2.82. The van der Waals surface area contributed by atoms with Crippen molar-refractivity contribution in [2.75, 3.05) is 6.54 Å². The van der Waals surface area contributed by atoms with Crippen LogP contribution in [0.15, 0.2) is 41.1 Å². The molecule has 0 amide bonds. The standard InChI is InChI=1S/C14H17NOS/c1-11(13-3-2-4-14(16)9-13)15-7-5-12-6-8-17-10-12/h2-4,6,8-11,15-16H,5,7H2,1H3. The number of phenols is 1. The monoisotopic (exact) mass is 247 g/mol. The second-order valence-corrected chi connectivity index (χ2v) is 4.93. The third-order valence-electron chi connectivity index (χ3n) is 2.81. The van der Waals surface area contributed by atoms with Gasteiger partial charge in [-0.3, -0.25) is 0 Å². The smallest absolute Gasteiger partial charge is 0.115 e. The Balaban J connectivity index is 1.83. The Morgan fingerprint density at radius 3 is 2.94 bits per heavy atom. The molecular weight excluding hydrogens is 230 g/mol. The number of phenolic OH excluding ortho intramolecular Hbond substituents is 1. The first-order valence-electron chi connectivity index (χ1n) is 5.79. The molecule has 17 heavy (non-hydrogen) atoms. The molecule has 0 radical (unpaired) electrons. The summed E-state index contributed by atoms with van der Waals surface area (Å²) in [5, 5.41) is 17.2. The van der Waals surface area contributed by atoms with Crippen LogP contribution in [0.2, 0.25) is 0 Å². The molecule has 0 spiro atoms. The first kappa shape index (κ1) is 12.1. The van der Waals surface area contributed by atoms with Gasteiger partial charge in [0.15, 0.2) is 0 Å². The first-order valence-corrected chi connectivity index (χ1v) is 6.73. The van der Waals surface area contributed by atoms with E-state index in [1.54, 1.807) is 17.4 Å². The van der Waals surface area contributed by atoms with Crippen LogP contribution >= 0.6 is 11.3 Å². The normalized spacial score (nSPS) is 12.5. The van der Waals surface area contributed by atoms with Gasteiger partial charge >= 0.3 is 0 Å². The molecule has 0 fully saturated rings. The fourth-order valence-corrected chi connectivity index (χ4v) is 2.48. The van der Waals surface area contributed by atoms with E-state index in [2.05, 4.69) is 29.1 Å². The van der Waals surface area contributed by atoms with Gasteiger partial charge in [0.25, 0.3) is 0 Å². The third-order valence-corrected chi connectivity index (χ3v) is 3.55. The van der Waals surface area contributed by atoms with E-state index < -0.39 is 0 Å². The van der Waals surface area contributed by atoms with Crippen molar-refractivity contribution in [1.29, 1.82) is 0 Å². The Labute approximate surface area is 106 Å². The maximum Gasteiger partial charge on any atom is 0.115 e. The maximum atomic E-state index is 9.41. The first-order chi connectivity index (χ1) is 8.25. The highest BCUT2D eigenvalue weighted by molar-refractivity contribution is 7.07. The molecule has 2 nitrogen and oxygen atoms in total. The lowest BCUT2D eigenvalue weighted by Crippen LogP contribution is -2.21. The molecule has 0 aliphatic carbocycles. The van der Waals surface area contributed by atoms with Gasteiger partial charge in [-0.15, -0.1) is 0 Å². The molecule has 0 aliphatic heterocycles. The molecule has 1 heterocycles. The third kappa shape index (κ3) is 3.58. The number of rotatable bonds is 5. The average molecular weight is 247 g/mol. The second kappa shape index (κ2) is 5.84. The molecule has 2 rings (SSSR count). The lowest BCUT2D eigenvalue weighted by atomic mass is 10.1. The van der Waals surface area contributed by atoms with Crippen molar-refractivity contribution in [2.24, 2.45) is 0 Å². The van der Waals surface area contributed by atoms with Crippen molar-refractivity contribution in [1.82, 2.24) is 5.32 Å². The number of nitrogens with one attached hydrogen (secondary N) is 1. The summed E-state index contributed by atoms with van der Waals surface area (Å²) in [6.07, 6.45) is 1.05. The minimum atomic E-state index is 0.265. The molecule has 3 heteroatoms. The molecule has 0 saturated heterocycles. The molecule has 0 aliphatic rings. The van der Waals surface area contributed by atoms with Crippen molar-refractivity contribution in [3.8, 4) is 5.75 Å². The SMILES string of the molecule is CC(NCCc1ccsc1)c1cccc(O)c1. The summed E-state index contributed by atoms with van der Waals surface area (Å²) >= 11 is 1.74. The van der Waals surface area contributed by atoms with Gasteiger partial charge in [0.2, 0.25) is 0 Å². The topological polar surface area (TPSA) is 32.3 Å². The summed E-state index contributed by atoms with van der Waals surface area (Å²) in [5.41, 5.74) is 2.50. The Bertz CT molecular complexity index is 453. The van der Waals surface area contributed by atoms with E-state index >= 15 is 0 Å². The molecule has 2 N–H and O–H groups in total. The zero-order valence-corrected chi connectivity index (χ0v) is 10.7. The summed E-state index contributed by atoms with van der Waals surface area (Å²) in [4.78, 5) is 0. The van der Waals surface area contributed by atoms with Crippen molar-refractivity contribution >= 4 is 11.3 Å². The fourth-order valence-electron chi connectivity index (χ4n) is 1.78. The van der Waals surface area contributed by atoms with E-state index in [9.17, 15) is 5.11 Å². The van der Waals surface area contributed by atoms with Crippen LogP contribution in [-0.2, 0) is 6.42 Å².